The topological polar surface area (TPSA) is 106 Å². The smallest absolute Gasteiger partial charge is 0.343 e. The fourth-order valence-electron chi connectivity index (χ4n) is 2.85. The molecule has 0 saturated heterocycles. The second-order valence-corrected chi connectivity index (χ2v) is 8.53. The highest BCUT2D eigenvalue weighted by Crippen LogP contribution is 2.29. The first-order chi connectivity index (χ1) is 15.3. The molecule has 3 aromatic rings. The van der Waals surface area contributed by atoms with E-state index in [0.717, 1.165) is 4.31 Å². The summed E-state index contributed by atoms with van der Waals surface area (Å²) in [5.74, 6) is 0.153. The number of methoxy groups -OCH3 is 2. The summed E-state index contributed by atoms with van der Waals surface area (Å²) >= 11 is 0. The van der Waals surface area contributed by atoms with Crippen LogP contribution in [0.5, 0.6) is 17.2 Å². The maximum Gasteiger partial charge on any atom is 0.343 e. The second kappa shape index (κ2) is 9.41. The molecule has 32 heavy (non-hydrogen) atoms. The van der Waals surface area contributed by atoms with Crippen LogP contribution in [0.3, 0.4) is 0 Å². The average molecular weight is 452 g/mol. The first-order valence-corrected chi connectivity index (χ1v) is 10.8. The Balaban J connectivity index is 1.87. The van der Waals surface area contributed by atoms with Gasteiger partial charge in [-0.15, -0.1) is 0 Å². The summed E-state index contributed by atoms with van der Waals surface area (Å²) in [5.41, 5.74) is 0.818. The molecule has 0 unspecified atom stereocenters. The van der Waals surface area contributed by atoms with Crippen molar-refractivity contribution in [3.63, 3.8) is 0 Å². The van der Waals surface area contributed by atoms with Crippen LogP contribution in [0.1, 0.15) is 15.9 Å². The van der Waals surface area contributed by atoms with Crippen molar-refractivity contribution in [1.82, 2.24) is 0 Å². The van der Waals surface area contributed by atoms with E-state index in [2.05, 4.69) is 0 Å². The van der Waals surface area contributed by atoms with Crippen molar-refractivity contribution in [3.05, 3.63) is 77.9 Å². The maximum absolute atomic E-state index is 13.1. The monoisotopic (exact) mass is 452 g/mol. The van der Waals surface area contributed by atoms with Crippen molar-refractivity contribution in [3.8, 4) is 23.3 Å². The molecule has 0 saturated carbocycles. The Hall–Kier alpha value is -4.03. The molecule has 0 heterocycles. The van der Waals surface area contributed by atoms with Gasteiger partial charge in [0.25, 0.3) is 10.0 Å². The van der Waals surface area contributed by atoms with E-state index >= 15 is 0 Å². The molecule has 0 aliphatic heterocycles. The molecule has 3 aromatic carbocycles. The predicted molar refractivity (Wildman–Crippen MR) is 118 cm³/mol. The van der Waals surface area contributed by atoms with Crippen molar-refractivity contribution in [1.29, 1.82) is 5.26 Å². The Morgan fingerprint density at radius 2 is 1.66 bits per heavy atom. The summed E-state index contributed by atoms with van der Waals surface area (Å²) in [7, 11) is 0.388. The summed E-state index contributed by atoms with van der Waals surface area (Å²) in [4.78, 5) is 12.6. The van der Waals surface area contributed by atoms with E-state index in [1.54, 1.807) is 24.3 Å². The first-order valence-electron chi connectivity index (χ1n) is 9.33. The van der Waals surface area contributed by atoms with Gasteiger partial charge in [-0.1, -0.05) is 6.07 Å². The molecule has 0 aromatic heterocycles. The number of carbonyl (C=O) groups excluding carboxylic acids is 1. The van der Waals surface area contributed by atoms with E-state index in [-0.39, 0.29) is 22.0 Å². The van der Waals surface area contributed by atoms with E-state index in [1.165, 1.54) is 63.7 Å². The lowest BCUT2D eigenvalue weighted by Gasteiger charge is -2.20. The Morgan fingerprint density at radius 1 is 0.938 bits per heavy atom. The molecule has 3 rings (SSSR count). The number of ether oxygens (including phenoxy) is 3. The van der Waals surface area contributed by atoms with Gasteiger partial charge in [-0.05, 0) is 54.6 Å². The van der Waals surface area contributed by atoms with Gasteiger partial charge in [-0.2, -0.15) is 5.26 Å². The molecule has 0 amide bonds. The zero-order chi connectivity index (χ0) is 23.3. The molecule has 0 spiro atoms. The quantitative estimate of drug-likeness (QED) is 0.398. The molecule has 0 N–H and O–H groups in total. The number of nitriles is 1. The van der Waals surface area contributed by atoms with Crippen LogP contribution in [0.2, 0.25) is 0 Å². The molecule has 8 nitrogen and oxygen atoms in total. The second-order valence-electron chi connectivity index (χ2n) is 6.57. The van der Waals surface area contributed by atoms with E-state index in [1.807, 2.05) is 6.07 Å². The Kier molecular flexibility index (Phi) is 6.66. The molecule has 164 valence electrons. The van der Waals surface area contributed by atoms with Crippen molar-refractivity contribution in [2.24, 2.45) is 0 Å². The third-order valence-electron chi connectivity index (χ3n) is 4.66. The van der Waals surface area contributed by atoms with Crippen LogP contribution in [-0.4, -0.2) is 35.7 Å². The van der Waals surface area contributed by atoms with E-state index < -0.39 is 16.0 Å². The normalized spacial score (nSPS) is 10.7. The van der Waals surface area contributed by atoms with E-state index in [0.29, 0.717) is 17.0 Å². The summed E-state index contributed by atoms with van der Waals surface area (Å²) < 4.78 is 42.9. The molecule has 0 aliphatic rings. The summed E-state index contributed by atoms with van der Waals surface area (Å²) in [6.45, 7) is 0. The largest absolute Gasteiger partial charge is 0.497 e. The van der Waals surface area contributed by atoms with Gasteiger partial charge in [-0.3, -0.25) is 4.31 Å². The van der Waals surface area contributed by atoms with Gasteiger partial charge in [-0.25, -0.2) is 13.2 Å². The van der Waals surface area contributed by atoms with Crippen LogP contribution < -0.4 is 18.5 Å². The predicted octanol–water partition coefficient (Wildman–Crippen LogP) is 3.62. The van der Waals surface area contributed by atoms with Gasteiger partial charge < -0.3 is 14.2 Å². The molecule has 0 radical (unpaired) electrons. The van der Waals surface area contributed by atoms with Crippen LogP contribution in [0.25, 0.3) is 0 Å². The van der Waals surface area contributed by atoms with Gasteiger partial charge in [0.2, 0.25) is 0 Å². The van der Waals surface area contributed by atoms with Crippen LogP contribution in [0, 0.1) is 11.3 Å². The highest BCUT2D eigenvalue weighted by Gasteiger charge is 2.23. The SMILES string of the molecule is COc1ccc(N(C)S(=O)(=O)c2cccc(C(=O)Oc3ccc(C#N)cc3OC)c2)cc1. The fourth-order valence-corrected chi connectivity index (χ4v) is 4.09. The Morgan fingerprint density at radius 3 is 2.28 bits per heavy atom. The summed E-state index contributed by atoms with van der Waals surface area (Å²) in [6.07, 6.45) is 0. The number of sulfonamides is 1. The van der Waals surface area contributed by atoms with Gasteiger partial charge >= 0.3 is 5.97 Å². The third kappa shape index (κ3) is 4.66. The molecular formula is C23H20N2O6S. The fraction of sp³-hybridized carbons (Fsp3) is 0.130. The van der Waals surface area contributed by atoms with Gasteiger partial charge in [0.05, 0.1) is 42.0 Å². The Bertz CT molecular complexity index is 1280. The summed E-state index contributed by atoms with van der Waals surface area (Å²) in [6, 6.07) is 18.4. The highest BCUT2D eigenvalue weighted by molar-refractivity contribution is 7.92. The molecule has 0 aliphatic carbocycles. The number of benzene rings is 3. The maximum atomic E-state index is 13.1. The average Bonchev–Trinajstić information content (AvgIpc) is 2.83. The zero-order valence-electron chi connectivity index (χ0n) is 17.6. The number of carbonyl (C=O) groups is 1. The first kappa shape index (κ1) is 22.7. The van der Waals surface area contributed by atoms with Gasteiger partial charge in [0, 0.05) is 13.1 Å². The minimum atomic E-state index is -3.94. The van der Waals surface area contributed by atoms with E-state index in [4.69, 9.17) is 19.5 Å². The minimum absolute atomic E-state index is 0.0422. The molecule has 0 atom stereocenters. The Labute approximate surface area is 186 Å². The van der Waals surface area contributed by atoms with E-state index in [9.17, 15) is 13.2 Å². The van der Waals surface area contributed by atoms with Crippen molar-refractivity contribution in [2.75, 3.05) is 25.6 Å². The molecule has 9 heteroatoms. The van der Waals surface area contributed by atoms with Crippen LogP contribution in [-0.2, 0) is 10.0 Å². The van der Waals surface area contributed by atoms with Crippen molar-refractivity contribution in [2.45, 2.75) is 4.90 Å². The van der Waals surface area contributed by atoms with Gasteiger partial charge in [0.15, 0.2) is 11.5 Å². The minimum Gasteiger partial charge on any atom is -0.497 e. The van der Waals surface area contributed by atoms with Crippen LogP contribution >= 0.6 is 0 Å². The molecule has 0 fully saturated rings. The van der Waals surface area contributed by atoms with Crippen molar-refractivity contribution < 1.29 is 27.4 Å². The standard InChI is InChI=1S/C23H20N2O6S/c1-25(18-8-10-19(29-2)11-9-18)32(27,28)20-6-4-5-17(14-20)23(26)31-21-12-7-16(15-24)13-22(21)30-3/h4-14H,1-3H3. The zero-order valence-corrected chi connectivity index (χ0v) is 18.4. The number of anilines is 1. The number of nitrogens with zero attached hydrogens (tertiary/aromatic N) is 2. The number of rotatable bonds is 7. The van der Waals surface area contributed by atoms with Gasteiger partial charge in [0.1, 0.15) is 5.75 Å². The van der Waals surface area contributed by atoms with Crippen molar-refractivity contribution >= 4 is 21.7 Å². The third-order valence-corrected chi connectivity index (χ3v) is 6.44. The number of hydrogen-bond acceptors (Lipinski definition) is 7. The van der Waals surface area contributed by atoms with Crippen LogP contribution in [0.15, 0.2) is 71.6 Å². The number of hydrogen-bond donors (Lipinski definition) is 0. The molecular weight excluding hydrogens is 432 g/mol. The lowest BCUT2D eigenvalue weighted by molar-refractivity contribution is 0.0729. The van der Waals surface area contributed by atoms with Crippen LogP contribution in [0.4, 0.5) is 5.69 Å². The number of esters is 1. The highest BCUT2D eigenvalue weighted by atomic mass is 32.2. The lowest BCUT2D eigenvalue weighted by Crippen LogP contribution is -2.26. The summed E-state index contributed by atoms with van der Waals surface area (Å²) in [5, 5.41) is 8.99. The lowest BCUT2D eigenvalue weighted by atomic mass is 10.2. The molecule has 0 bridgehead atoms.